The molecule has 6 heteroatoms. The van der Waals surface area contributed by atoms with Crippen LogP contribution < -0.4 is 4.90 Å². The molecule has 5 nitrogen and oxygen atoms in total. The Bertz CT molecular complexity index is 1520. The SMILES string of the molecule is N#C/C(=C\c1ccc(-c2ccc(-c3ccc(N(c4ccccc4)c4ccccc4)cc3)s2)[nH]1)C(=O)O. The van der Waals surface area contributed by atoms with Gasteiger partial charge in [-0.1, -0.05) is 48.5 Å². The minimum absolute atomic E-state index is 0.310. The van der Waals surface area contributed by atoms with Crippen LogP contribution in [0.4, 0.5) is 17.1 Å². The van der Waals surface area contributed by atoms with Crippen LogP contribution in [0.1, 0.15) is 5.69 Å². The number of aromatic nitrogens is 1. The molecule has 0 spiro atoms. The van der Waals surface area contributed by atoms with Gasteiger partial charge in [-0.2, -0.15) is 5.26 Å². The Morgan fingerprint density at radius 1 is 0.778 bits per heavy atom. The lowest BCUT2D eigenvalue weighted by Gasteiger charge is -2.25. The number of rotatable bonds is 7. The van der Waals surface area contributed by atoms with E-state index in [1.54, 1.807) is 23.5 Å². The van der Waals surface area contributed by atoms with Crippen molar-refractivity contribution in [1.82, 2.24) is 4.98 Å². The van der Waals surface area contributed by atoms with Crippen molar-refractivity contribution in [2.75, 3.05) is 4.90 Å². The molecule has 0 atom stereocenters. The normalized spacial score (nSPS) is 11.1. The fourth-order valence-corrected chi connectivity index (χ4v) is 4.94. The number of aromatic amines is 1. The molecule has 0 aliphatic rings. The van der Waals surface area contributed by atoms with Crippen LogP contribution in [0.25, 0.3) is 27.1 Å². The van der Waals surface area contributed by atoms with Crippen LogP contribution >= 0.6 is 11.3 Å². The van der Waals surface area contributed by atoms with Gasteiger partial charge in [-0.25, -0.2) is 4.79 Å². The number of anilines is 3. The second-order valence-electron chi connectivity index (χ2n) is 8.02. The number of hydrogen-bond acceptors (Lipinski definition) is 4. The van der Waals surface area contributed by atoms with E-state index >= 15 is 0 Å². The maximum Gasteiger partial charge on any atom is 0.346 e. The molecule has 0 fully saturated rings. The highest BCUT2D eigenvalue weighted by Gasteiger charge is 2.13. The summed E-state index contributed by atoms with van der Waals surface area (Å²) in [6.07, 6.45) is 1.34. The van der Waals surface area contributed by atoms with Gasteiger partial charge in [0.15, 0.2) is 0 Å². The molecule has 5 rings (SSSR count). The third-order valence-corrected chi connectivity index (χ3v) is 6.84. The summed E-state index contributed by atoms with van der Waals surface area (Å²) in [7, 11) is 0. The van der Waals surface area contributed by atoms with E-state index < -0.39 is 5.97 Å². The lowest BCUT2D eigenvalue weighted by molar-refractivity contribution is -0.132. The molecule has 2 heterocycles. The van der Waals surface area contributed by atoms with Crippen LogP contribution in [0, 0.1) is 11.3 Å². The molecule has 0 aliphatic carbocycles. The third-order valence-electron chi connectivity index (χ3n) is 5.67. The maximum atomic E-state index is 11.1. The second kappa shape index (κ2) is 10.2. The monoisotopic (exact) mass is 487 g/mol. The number of nitrogens with zero attached hydrogens (tertiary/aromatic N) is 2. The molecule has 0 amide bonds. The van der Waals surface area contributed by atoms with Gasteiger partial charge < -0.3 is 15.0 Å². The van der Waals surface area contributed by atoms with Gasteiger partial charge in [0.1, 0.15) is 11.6 Å². The molecule has 0 unspecified atom stereocenters. The number of aliphatic carboxylic acids is 1. The molecule has 174 valence electrons. The molecule has 5 aromatic rings. The van der Waals surface area contributed by atoms with Gasteiger partial charge in [0.25, 0.3) is 0 Å². The zero-order valence-corrected chi connectivity index (χ0v) is 19.9. The van der Waals surface area contributed by atoms with Crippen molar-refractivity contribution in [3.05, 3.63) is 120 Å². The van der Waals surface area contributed by atoms with Crippen LogP contribution in [0.5, 0.6) is 0 Å². The Hall–Kier alpha value is -4.86. The summed E-state index contributed by atoms with van der Waals surface area (Å²) in [5.41, 5.74) is 5.50. The quantitative estimate of drug-likeness (QED) is 0.181. The van der Waals surface area contributed by atoms with E-state index in [1.807, 2.05) is 48.5 Å². The van der Waals surface area contributed by atoms with Crippen LogP contribution in [0.3, 0.4) is 0 Å². The number of nitrogens with one attached hydrogen (secondary N) is 1. The van der Waals surface area contributed by atoms with Crippen molar-refractivity contribution in [2.24, 2.45) is 0 Å². The molecule has 3 aromatic carbocycles. The van der Waals surface area contributed by atoms with E-state index in [0.717, 1.165) is 38.1 Å². The summed E-state index contributed by atoms with van der Waals surface area (Å²) in [5, 5.41) is 18.0. The molecule has 0 aliphatic heterocycles. The molecule has 0 radical (unpaired) electrons. The Morgan fingerprint density at radius 2 is 1.36 bits per heavy atom. The first-order chi connectivity index (χ1) is 17.6. The lowest BCUT2D eigenvalue weighted by atomic mass is 10.1. The van der Waals surface area contributed by atoms with Gasteiger partial charge in [-0.3, -0.25) is 0 Å². The average molecular weight is 488 g/mol. The summed E-state index contributed by atoms with van der Waals surface area (Å²) in [4.78, 5) is 18.7. The van der Waals surface area contributed by atoms with Gasteiger partial charge in [0.2, 0.25) is 0 Å². The zero-order chi connectivity index (χ0) is 24.9. The molecule has 0 saturated carbocycles. The molecular formula is C30H21N3O2S. The van der Waals surface area contributed by atoms with Crippen LogP contribution in [0.15, 0.2) is 115 Å². The maximum absolute atomic E-state index is 11.1. The molecule has 2 N–H and O–H groups in total. The fraction of sp³-hybridized carbons (Fsp3) is 0. The average Bonchev–Trinajstić information content (AvgIpc) is 3.59. The number of H-pyrrole nitrogens is 1. The van der Waals surface area contributed by atoms with Crippen molar-refractivity contribution in [3.8, 4) is 27.1 Å². The Labute approximate surface area is 212 Å². The van der Waals surface area contributed by atoms with E-state index in [1.165, 1.54) is 6.08 Å². The standard InChI is InChI=1S/C30H21N3O2S/c31-20-22(30(34)35)19-23-13-16-27(32-23)29-18-17-28(36-29)21-11-14-26(15-12-21)33(24-7-3-1-4-8-24)25-9-5-2-6-10-25/h1-19,32H,(H,34,35)/b22-19+. The van der Waals surface area contributed by atoms with Gasteiger partial charge >= 0.3 is 5.97 Å². The van der Waals surface area contributed by atoms with Gasteiger partial charge in [-0.15, -0.1) is 11.3 Å². The lowest BCUT2D eigenvalue weighted by Crippen LogP contribution is -2.09. The summed E-state index contributed by atoms with van der Waals surface area (Å²) < 4.78 is 0. The predicted octanol–water partition coefficient (Wildman–Crippen LogP) is 7.87. The molecule has 36 heavy (non-hydrogen) atoms. The minimum atomic E-state index is -1.24. The predicted molar refractivity (Wildman–Crippen MR) is 145 cm³/mol. The van der Waals surface area contributed by atoms with Crippen LogP contribution in [-0.4, -0.2) is 16.1 Å². The number of carboxylic acids is 1. The Morgan fingerprint density at radius 3 is 1.94 bits per heavy atom. The van der Waals surface area contributed by atoms with Gasteiger partial charge in [0, 0.05) is 27.6 Å². The van der Waals surface area contributed by atoms with E-state index in [4.69, 9.17) is 10.4 Å². The third kappa shape index (κ3) is 4.83. The Kier molecular flexibility index (Phi) is 6.48. The minimum Gasteiger partial charge on any atom is -0.477 e. The van der Waals surface area contributed by atoms with Crippen molar-refractivity contribution in [2.45, 2.75) is 0 Å². The Balaban J connectivity index is 1.41. The number of para-hydroxylation sites is 2. The van der Waals surface area contributed by atoms with Crippen molar-refractivity contribution in [3.63, 3.8) is 0 Å². The summed E-state index contributed by atoms with van der Waals surface area (Å²) in [6, 6.07) is 38.6. The molecule has 0 saturated heterocycles. The smallest absolute Gasteiger partial charge is 0.346 e. The molecule has 2 aromatic heterocycles. The second-order valence-corrected chi connectivity index (χ2v) is 9.10. The highest BCUT2D eigenvalue weighted by molar-refractivity contribution is 7.18. The number of benzene rings is 3. The molecular weight excluding hydrogens is 466 g/mol. The largest absolute Gasteiger partial charge is 0.477 e. The first-order valence-corrected chi connectivity index (χ1v) is 12.1. The van der Waals surface area contributed by atoms with Crippen molar-refractivity contribution < 1.29 is 9.90 Å². The van der Waals surface area contributed by atoms with Gasteiger partial charge in [0.05, 0.1) is 10.6 Å². The van der Waals surface area contributed by atoms with Crippen LogP contribution in [0.2, 0.25) is 0 Å². The van der Waals surface area contributed by atoms with Crippen molar-refractivity contribution in [1.29, 1.82) is 5.26 Å². The number of carbonyl (C=O) groups is 1. The number of thiophene rings is 1. The summed E-state index contributed by atoms with van der Waals surface area (Å²) in [6.45, 7) is 0. The highest BCUT2D eigenvalue weighted by Crippen LogP contribution is 2.38. The van der Waals surface area contributed by atoms with E-state index in [0.29, 0.717) is 5.69 Å². The number of nitriles is 1. The summed E-state index contributed by atoms with van der Waals surface area (Å²) >= 11 is 1.64. The highest BCUT2D eigenvalue weighted by atomic mass is 32.1. The number of hydrogen-bond donors (Lipinski definition) is 2. The van der Waals surface area contributed by atoms with Crippen molar-refractivity contribution >= 4 is 40.4 Å². The van der Waals surface area contributed by atoms with E-state index in [9.17, 15) is 4.79 Å². The fourth-order valence-electron chi connectivity index (χ4n) is 3.95. The first-order valence-electron chi connectivity index (χ1n) is 11.3. The van der Waals surface area contributed by atoms with Gasteiger partial charge in [-0.05, 0) is 72.3 Å². The number of carboxylic acid groups (broad SMARTS) is 1. The topological polar surface area (TPSA) is 80.1 Å². The van der Waals surface area contributed by atoms with E-state index in [2.05, 4.69) is 64.5 Å². The van der Waals surface area contributed by atoms with Crippen LogP contribution in [-0.2, 0) is 4.79 Å². The summed E-state index contributed by atoms with van der Waals surface area (Å²) in [5.74, 6) is -1.24. The van der Waals surface area contributed by atoms with E-state index in [-0.39, 0.29) is 5.57 Å². The zero-order valence-electron chi connectivity index (χ0n) is 19.1. The first kappa shape index (κ1) is 22.9. The molecule has 0 bridgehead atoms.